The molecule has 0 aliphatic carbocycles. The lowest BCUT2D eigenvalue weighted by molar-refractivity contribution is 0.307. The number of hydrogen-bond acceptors (Lipinski definition) is 5. The maximum absolute atomic E-state index is 5.47. The van der Waals surface area contributed by atoms with E-state index in [4.69, 9.17) is 10.3 Å². The van der Waals surface area contributed by atoms with Crippen LogP contribution < -0.4 is 5.73 Å². The van der Waals surface area contributed by atoms with Crippen LogP contribution in [-0.2, 0) is 6.54 Å². The predicted molar refractivity (Wildman–Crippen MR) is 69.7 cm³/mol. The SMILES string of the molecule is CN(CCCN)Cc1noc(-c2ccccc2)n1. The van der Waals surface area contributed by atoms with Crippen LogP contribution in [-0.4, -0.2) is 35.2 Å². The molecule has 1 aromatic carbocycles. The molecule has 0 bridgehead atoms. The Morgan fingerprint density at radius 3 is 2.78 bits per heavy atom. The molecule has 5 nitrogen and oxygen atoms in total. The van der Waals surface area contributed by atoms with Crippen molar-refractivity contribution >= 4 is 0 Å². The molecule has 96 valence electrons. The molecule has 0 atom stereocenters. The third-order valence-corrected chi connectivity index (χ3v) is 2.64. The van der Waals surface area contributed by atoms with Gasteiger partial charge in [-0.15, -0.1) is 0 Å². The van der Waals surface area contributed by atoms with Crippen LogP contribution in [0.5, 0.6) is 0 Å². The number of benzene rings is 1. The van der Waals surface area contributed by atoms with E-state index >= 15 is 0 Å². The summed E-state index contributed by atoms with van der Waals surface area (Å²) in [6, 6.07) is 9.77. The van der Waals surface area contributed by atoms with Gasteiger partial charge in [0.2, 0.25) is 0 Å². The molecule has 0 saturated carbocycles. The number of aromatic nitrogens is 2. The Kier molecular flexibility index (Phi) is 4.44. The Morgan fingerprint density at radius 1 is 1.28 bits per heavy atom. The second kappa shape index (κ2) is 6.28. The first-order chi connectivity index (χ1) is 8.79. The van der Waals surface area contributed by atoms with Crippen LogP contribution in [0.4, 0.5) is 0 Å². The van der Waals surface area contributed by atoms with Crippen molar-refractivity contribution in [1.29, 1.82) is 0 Å². The summed E-state index contributed by atoms with van der Waals surface area (Å²) < 4.78 is 5.24. The van der Waals surface area contributed by atoms with Gasteiger partial charge in [-0.3, -0.25) is 4.90 Å². The van der Waals surface area contributed by atoms with Crippen LogP contribution in [0.3, 0.4) is 0 Å². The summed E-state index contributed by atoms with van der Waals surface area (Å²) >= 11 is 0. The van der Waals surface area contributed by atoms with Crippen LogP contribution in [0.25, 0.3) is 11.5 Å². The van der Waals surface area contributed by atoms with Crippen LogP contribution in [0.2, 0.25) is 0 Å². The first-order valence-corrected chi connectivity index (χ1v) is 6.06. The number of hydrogen-bond donors (Lipinski definition) is 1. The van der Waals surface area contributed by atoms with Crippen LogP contribution >= 0.6 is 0 Å². The van der Waals surface area contributed by atoms with E-state index in [9.17, 15) is 0 Å². The first-order valence-electron chi connectivity index (χ1n) is 6.06. The van der Waals surface area contributed by atoms with Crippen molar-refractivity contribution in [2.75, 3.05) is 20.1 Å². The van der Waals surface area contributed by atoms with Gasteiger partial charge in [0, 0.05) is 5.56 Å². The van der Waals surface area contributed by atoms with Gasteiger partial charge in [-0.2, -0.15) is 4.98 Å². The molecule has 5 heteroatoms. The van der Waals surface area contributed by atoms with Gasteiger partial charge in [0.15, 0.2) is 5.82 Å². The minimum absolute atomic E-state index is 0.567. The van der Waals surface area contributed by atoms with Crippen molar-refractivity contribution in [2.45, 2.75) is 13.0 Å². The first kappa shape index (κ1) is 12.7. The number of nitrogens with two attached hydrogens (primary N) is 1. The fourth-order valence-corrected chi connectivity index (χ4v) is 1.70. The molecule has 2 aromatic rings. The summed E-state index contributed by atoms with van der Waals surface area (Å²) in [7, 11) is 2.02. The summed E-state index contributed by atoms with van der Waals surface area (Å²) in [5, 5.41) is 3.98. The zero-order chi connectivity index (χ0) is 12.8. The van der Waals surface area contributed by atoms with Gasteiger partial charge in [0.05, 0.1) is 6.54 Å². The van der Waals surface area contributed by atoms with E-state index in [2.05, 4.69) is 15.0 Å². The van der Waals surface area contributed by atoms with Gasteiger partial charge in [-0.05, 0) is 38.7 Å². The highest BCUT2D eigenvalue weighted by atomic mass is 16.5. The standard InChI is InChI=1S/C13H18N4O/c1-17(9-5-8-14)10-12-15-13(18-16-12)11-6-3-2-4-7-11/h2-4,6-7H,5,8-10,14H2,1H3. The van der Waals surface area contributed by atoms with Gasteiger partial charge in [-0.1, -0.05) is 23.4 Å². The Morgan fingerprint density at radius 2 is 2.06 bits per heavy atom. The van der Waals surface area contributed by atoms with E-state index in [1.807, 2.05) is 37.4 Å². The van der Waals surface area contributed by atoms with Gasteiger partial charge < -0.3 is 10.3 Å². The zero-order valence-corrected chi connectivity index (χ0v) is 10.5. The number of rotatable bonds is 6. The quantitative estimate of drug-likeness (QED) is 0.837. The fourth-order valence-electron chi connectivity index (χ4n) is 1.70. The summed E-state index contributed by atoms with van der Waals surface area (Å²) in [6.07, 6.45) is 0.972. The van der Waals surface area contributed by atoms with Crippen molar-refractivity contribution in [3.63, 3.8) is 0 Å². The third-order valence-electron chi connectivity index (χ3n) is 2.64. The molecule has 1 heterocycles. The molecule has 0 amide bonds. The summed E-state index contributed by atoms with van der Waals surface area (Å²) in [4.78, 5) is 6.51. The molecular weight excluding hydrogens is 228 g/mol. The predicted octanol–water partition coefficient (Wildman–Crippen LogP) is 1.52. The van der Waals surface area contributed by atoms with Crippen molar-refractivity contribution in [3.8, 4) is 11.5 Å². The normalized spacial score (nSPS) is 11.1. The highest BCUT2D eigenvalue weighted by Gasteiger charge is 2.09. The molecular formula is C13H18N4O. The Balaban J connectivity index is 1.98. The molecule has 0 aliphatic heterocycles. The van der Waals surface area contributed by atoms with E-state index in [0.717, 1.165) is 18.5 Å². The highest BCUT2D eigenvalue weighted by molar-refractivity contribution is 5.51. The Hall–Kier alpha value is -1.72. The monoisotopic (exact) mass is 246 g/mol. The molecule has 0 spiro atoms. The van der Waals surface area contributed by atoms with Crippen LogP contribution in [0.1, 0.15) is 12.2 Å². The van der Waals surface area contributed by atoms with Crippen molar-refractivity contribution < 1.29 is 4.52 Å². The summed E-state index contributed by atoms with van der Waals surface area (Å²) in [5.41, 5.74) is 6.42. The molecule has 1 aromatic heterocycles. The molecule has 0 unspecified atom stereocenters. The minimum atomic E-state index is 0.567. The molecule has 0 radical (unpaired) electrons. The third kappa shape index (κ3) is 3.38. The fraction of sp³-hybridized carbons (Fsp3) is 0.385. The lowest BCUT2D eigenvalue weighted by Gasteiger charge is -2.12. The molecule has 2 N–H and O–H groups in total. The maximum atomic E-state index is 5.47. The molecule has 0 aliphatic rings. The largest absolute Gasteiger partial charge is 0.334 e. The van der Waals surface area contributed by atoms with Crippen LogP contribution in [0, 0.1) is 0 Å². The lowest BCUT2D eigenvalue weighted by Crippen LogP contribution is -2.21. The molecule has 0 saturated heterocycles. The number of nitrogens with zero attached hydrogens (tertiary/aromatic N) is 3. The van der Waals surface area contributed by atoms with Crippen molar-refractivity contribution in [2.24, 2.45) is 5.73 Å². The van der Waals surface area contributed by atoms with E-state index in [0.29, 0.717) is 24.8 Å². The van der Waals surface area contributed by atoms with Crippen molar-refractivity contribution in [3.05, 3.63) is 36.2 Å². The second-order valence-corrected chi connectivity index (χ2v) is 4.26. The summed E-state index contributed by atoms with van der Waals surface area (Å²) in [6.45, 7) is 2.31. The van der Waals surface area contributed by atoms with Crippen molar-refractivity contribution in [1.82, 2.24) is 15.0 Å². The molecule has 18 heavy (non-hydrogen) atoms. The van der Waals surface area contributed by atoms with Gasteiger partial charge in [0.25, 0.3) is 5.89 Å². The summed E-state index contributed by atoms with van der Waals surface area (Å²) in [5.74, 6) is 1.27. The van der Waals surface area contributed by atoms with E-state index in [1.54, 1.807) is 0 Å². The van der Waals surface area contributed by atoms with Gasteiger partial charge >= 0.3 is 0 Å². The molecule has 0 fully saturated rings. The lowest BCUT2D eigenvalue weighted by atomic mass is 10.2. The van der Waals surface area contributed by atoms with E-state index in [1.165, 1.54) is 0 Å². The average molecular weight is 246 g/mol. The minimum Gasteiger partial charge on any atom is -0.334 e. The highest BCUT2D eigenvalue weighted by Crippen LogP contribution is 2.16. The van der Waals surface area contributed by atoms with Crippen LogP contribution in [0.15, 0.2) is 34.9 Å². The van der Waals surface area contributed by atoms with E-state index < -0.39 is 0 Å². The molecule has 2 rings (SSSR count). The van der Waals surface area contributed by atoms with Gasteiger partial charge in [0.1, 0.15) is 0 Å². The smallest absolute Gasteiger partial charge is 0.257 e. The van der Waals surface area contributed by atoms with Gasteiger partial charge in [-0.25, -0.2) is 0 Å². The Labute approximate surface area is 107 Å². The second-order valence-electron chi connectivity index (χ2n) is 4.26. The van der Waals surface area contributed by atoms with E-state index in [-0.39, 0.29) is 0 Å². The maximum Gasteiger partial charge on any atom is 0.257 e. The zero-order valence-electron chi connectivity index (χ0n) is 10.5. The Bertz CT molecular complexity index is 469. The average Bonchev–Trinajstić information content (AvgIpc) is 2.86. The topological polar surface area (TPSA) is 68.2 Å².